The molecule has 0 saturated carbocycles. The molecule has 3 heterocycles. The Morgan fingerprint density at radius 2 is 1.79 bits per heavy atom. The fraction of sp³-hybridized carbons (Fsp3) is 0.526. The highest BCUT2D eigenvalue weighted by molar-refractivity contribution is 7.14. The second-order valence-electron chi connectivity index (χ2n) is 7.97. The van der Waals surface area contributed by atoms with E-state index in [4.69, 9.17) is 0 Å². The Morgan fingerprint density at radius 3 is 2.38 bits per heavy atom. The van der Waals surface area contributed by atoms with Gasteiger partial charge in [0.2, 0.25) is 11.9 Å². The third-order valence-electron chi connectivity index (χ3n) is 4.64. The molecule has 29 heavy (non-hydrogen) atoms. The van der Waals surface area contributed by atoms with E-state index < -0.39 is 6.04 Å². The molecule has 3 amide bonds. The van der Waals surface area contributed by atoms with Crippen LogP contribution in [0.4, 0.5) is 15.9 Å². The molecular formula is C19H27N7O2S. The van der Waals surface area contributed by atoms with Crippen molar-refractivity contribution in [1.29, 1.82) is 0 Å². The molecule has 2 aromatic rings. The molecule has 9 nitrogen and oxygen atoms in total. The first-order chi connectivity index (χ1) is 13.7. The number of hydrogen-bond acceptors (Lipinski definition) is 7. The summed E-state index contributed by atoms with van der Waals surface area (Å²) < 4.78 is 0. The molecule has 0 bridgehead atoms. The lowest BCUT2D eigenvalue weighted by Gasteiger charge is -2.35. The Morgan fingerprint density at radius 1 is 1.14 bits per heavy atom. The number of carbonyl (C=O) groups is 2. The minimum absolute atomic E-state index is 0.0771. The molecule has 1 aliphatic rings. The van der Waals surface area contributed by atoms with Crippen molar-refractivity contribution in [2.45, 2.75) is 39.2 Å². The summed E-state index contributed by atoms with van der Waals surface area (Å²) in [6.07, 6.45) is 3.41. The maximum Gasteiger partial charge on any atom is 0.318 e. The summed E-state index contributed by atoms with van der Waals surface area (Å²) in [6.45, 7) is 10.2. The fourth-order valence-electron chi connectivity index (χ4n) is 2.80. The molecular weight excluding hydrogens is 390 g/mol. The molecule has 1 fully saturated rings. The van der Waals surface area contributed by atoms with Gasteiger partial charge >= 0.3 is 6.03 Å². The zero-order valence-corrected chi connectivity index (χ0v) is 18.0. The Balaban J connectivity index is 1.47. The smallest absolute Gasteiger partial charge is 0.318 e. The maximum absolute atomic E-state index is 12.5. The zero-order chi connectivity index (χ0) is 21.0. The Labute approximate surface area is 174 Å². The first-order valence-electron chi connectivity index (χ1n) is 9.58. The third kappa shape index (κ3) is 5.41. The van der Waals surface area contributed by atoms with Crippen LogP contribution >= 0.6 is 11.3 Å². The number of hydrogen-bond donors (Lipinski definition) is 2. The number of rotatable bonds is 4. The monoisotopic (exact) mass is 417 g/mol. The summed E-state index contributed by atoms with van der Waals surface area (Å²) in [7, 11) is 0. The molecule has 0 aromatic carbocycles. The van der Waals surface area contributed by atoms with E-state index in [0.717, 1.165) is 5.69 Å². The highest BCUT2D eigenvalue weighted by atomic mass is 32.1. The normalized spacial score (nSPS) is 15.7. The van der Waals surface area contributed by atoms with E-state index in [9.17, 15) is 9.59 Å². The molecule has 10 heteroatoms. The molecule has 0 unspecified atom stereocenters. The SMILES string of the molecule is C[C@@H](NC(=O)N1CCN(c2ncccn2)CC1)C(=O)Nc1nc(C(C)(C)C)cs1. The molecule has 3 rings (SSSR count). The van der Waals surface area contributed by atoms with Gasteiger partial charge in [-0.3, -0.25) is 4.79 Å². The van der Waals surface area contributed by atoms with Gasteiger partial charge in [0.25, 0.3) is 0 Å². The summed E-state index contributed by atoms with van der Waals surface area (Å²) in [5.74, 6) is 0.378. The van der Waals surface area contributed by atoms with E-state index in [1.165, 1.54) is 11.3 Å². The van der Waals surface area contributed by atoms with Gasteiger partial charge < -0.3 is 20.4 Å². The number of anilines is 2. The highest BCUT2D eigenvalue weighted by Gasteiger charge is 2.25. The van der Waals surface area contributed by atoms with Crippen LogP contribution in [0.5, 0.6) is 0 Å². The number of nitrogens with zero attached hydrogens (tertiary/aromatic N) is 5. The summed E-state index contributed by atoms with van der Waals surface area (Å²) in [4.78, 5) is 41.6. The van der Waals surface area contributed by atoms with Crippen molar-refractivity contribution in [3.05, 3.63) is 29.5 Å². The summed E-state index contributed by atoms with van der Waals surface area (Å²) in [5.41, 5.74) is 0.849. The van der Waals surface area contributed by atoms with Crippen molar-refractivity contribution in [1.82, 2.24) is 25.2 Å². The molecule has 0 radical (unpaired) electrons. The van der Waals surface area contributed by atoms with Gasteiger partial charge in [0, 0.05) is 49.4 Å². The zero-order valence-electron chi connectivity index (χ0n) is 17.2. The lowest BCUT2D eigenvalue weighted by Crippen LogP contribution is -2.55. The number of piperazine rings is 1. The van der Waals surface area contributed by atoms with Gasteiger partial charge in [-0.2, -0.15) is 0 Å². The number of aromatic nitrogens is 3. The second kappa shape index (κ2) is 8.73. The average Bonchev–Trinajstić information content (AvgIpc) is 3.17. The quantitative estimate of drug-likeness (QED) is 0.790. The molecule has 0 spiro atoms. The van der Waals surface area contributed by atoms with Gasteiger partial charge in [-0.1, -0.05) is 20.8 Å². The fourth-order valence-corrected chi connectivity index (χ4v) is 3.74. The van der Waals surface area contributed by atoms with Crippen molar-refractivity contribution in [3.63, 3.8) is 0 Å². The first-order valence-corrected chi connectivity index (χ1v) is 10.5. The molecule has 2 N–H and O–H groups in total. The van der Waals surface area contributed by atoms with Gasteiger partial charge in [0.1, 0.15) is 6.04 Å². The third-order valence-corrected chi connectivity index (χ3v) is 5.40. The van der Waals surface area contributed by atoms with Gasteiger partial charge in [-0.15, -0.1) is 11.3 Å². The molecule has 1 aliphatic heterocycles. The van der Waals surface area contributed by atoms with E-state index in [1.54, 1.807) is 30.3 Å². The van der Waals surface area contributed by atoms with Crippen molar-refractivity contribution in [3.8, 4) is 0 Å². The Hall–Kier alpha value is -2.75. The largest absolute Gasteiger partial charge is 0.337 e. The van der Waals surface area contributed by atoms with Gasteiger partial charge in [-0.05, 0) is 13.0 Å². The minimum Gasteiger partial charge on any atom is -0.337 e. The van der Waals surface area contributed by atoms with Crippen LogP contribution in [0.3, 0.4) is 0 Å². The van der Waals surface area contributed by atoms with E-state index in [1.807, 2.05) is 10.3 Å². The van der Waals surface area contributed by atoms with Crippen molar-refractivity contribution < 1.29 is 9.59 Å². The molecule has 156 valence electrons. The van der Waals surface area contributed by atoms with Gasteiger partial charge in [0.05, 0.1) is 5.69 Å². The number of nitrogens with one attached hydrogen (secondary N) is 2. The van der Waals surface area contributed by atoms with Crippen molar-refractivity contribution in [2.24, 2.45) is 0 Å². The van der Waals surface area contributed by atoms with E-state index in [2.05, 4.69) is 46.4 Å². The highest BCUT2D eigenvalue weighted by Crippen LogP contribution is 2.26. The van der Waals surface area contributed by atoms with Crippen LogP contribution in [-0.2, 0) is 10.2 Å². The Kier molecular flexibility index (Phi) is 6.31. The predicted octanol–water partition coefficient (Wildman–Crippen LogP) is 2.09. The molecule has 1 atom stereocenters. The standard InChI is InChI=1S/C19H27N7O2S/c1-13(15(27)24-17-23-14(12-29-17)19(2,3)4)22-18(28)26-10-8-25(9-11-26)16-20-6-5-7-21-16/h5-7,12-13H,8-11H2,1-4H3,(H,22,28)(H,23,24,27)/t13-/m1/s1. The number of amides is 3. The van der Waals surface area contributed by atoms with E-state index in [0.29, 0.717) is 37.3 Å². The van der Waals surface area contributed by atoms with Crippen molar-refractivity contribution >= 4 is 34.4 Å². The summed E-state index contributed by atoms with van der Waals surface area (Å²) >= 11 is 1.38. The van der Waals surface area contributed by atoms with Crippen LogP contribution in [0.2, 0.25) is 0 Å². The second-order valence-corrected chi connectivity index (χ2v) is 8.83. The molecule has 2 aromatic heterocycles. The van der Waals surface area contributed by atoms with Crippen LogP contribution in [0.25, 0.3) is 0 Å². The van der Waals surface area contributed by atoms with E-state index >= 15 is 0 Å². The first kappa shape index (κ1) is 21.0. The number of urea groups is 1. The van der Waals surface area contributed by atoms with Crippen LogP contribution < -0.4 is 15.5 Å². The molecule has 1 saturated heterocycles. The van der Waals surface area contributed by atoms with Crippen LogP contribution in [-0.4, -0.2) is 64.0 Å². The predicted molar refractivity (Wildman–Crippen MR) is 113 cm³/mol. The summed E-state index contributed by atoms with van der Waals surface area (Å²) in [5, 5.41) is 8.02. The summed E-state index contributed by atoms with van der Waals surface area (Å²) in [6, 6.07) is 0.853. The van der Waals surface area contributed by atoms with E-state index in [-0.39, 0.29) is 17.4 Å². The number of thiazole rings is 1. The van der Waals surface area contributed by atoms with Gasteiger partial charge in [0.15, 0.2) is 5.13 Å². The van der Waals surface area contributed by atoms with Crippen molar-refractivity contribution in [2.75, 3.05) is 36.4 Å². The molecule has 0 aliphatic carbocycles. The average molecular weight is 418 g/mol. The number of carbonyl (C=O) groups excluding carboxylic acids is 2. The lowest BCUT2D eigenvalue weighted by atomic mass is 9.93. The minimum atomic E-state index is -0.667. The topological polar surface area (TPSA) is 103 Å². The van der Waals surface area contributed by atoms with Crippen LogP contribution in [0, 0.1) is 0 Å². The Bertz CT molecular complexity index is 842. The van der Waals surface area contributed by atoms with Crippen LogP contribution in [0.15, 0.2) is 23.8 Å². The lowest BCUT2D eigenvalue weighted by molar-refractivity contribution is -0.117. The van der Waals surface area contributed by atoms with Crippen LogP contribution in [0.1, 0.15) is 33.4 Å². The van der Waals surface area contributed by atoms with Gasteiger partial charge in [-0.25, -0.2) is 19.7 Å². The maximum atomic E-state index is 12.5.